The number of carbonyl (C=O) groups excluding carboxylic acids is 1. The van der Waals surface area contributed by atoms with E-state index >= 15 is 0 Å². The van der Waals surface area contributed by atoms with Crippen molar-refractivity contribution in [3.8, 4) is 0 Å². The number of hydrogen-bond donors (Lipinski definition) is 2. The molecule has 0 aliphatic carbocycles. The van der Waals surface area contributed by atoms with Crippen molar-refractivity contribution in [1.82, 2.24) is 4.90 Å². The highest BCUT2D eigenvalue weighted by molar-refractivity contribution is 6.30. The first-order valence-corrected chi connectivity index (χ1v) is 6.57. The van der Waals surface area contributed by atoms with Gasteiger partial charge in [0.2, 0.25) is 0 Å². The van der Waals surface area contributed by atoms with Gasteiger partial charge in [-0.25, -0.2) is 4.79 Å². The normalized spacial score (nSPS) is 18.1. The highest BCUT2D eigenvalue weighted by Crippen LogP contribution is 2.21. The standard InChI is InChI=1S/C13H15ClN2O4/c14-9-1-3-10(4-2-9)16(8-12(18)19)13(20)15-6-5-11(17)7-15/h1-4,11,17H,5-8H2,(H,18,19). The van der Waals surface area contributed by atoms with Gasteiger partial charge in [0, 0.05) is 23.8 Å². The summed E-state index contributed by atoms with van der Waals surface area (Å²) < 4.78 is 0. The van der Waals surface area contributed by atoms with Crippen molar-refractivity contribution in [2.75, 3.05) is 24.5 Å². The molecule has 1 unspecified atom stereocenters. The molecular weight excluding hydrogens is 284 g/mol. The molecule has 0 aromatic heterocycles. The van der Waals surface area contributed by atoms with E-state index in [1.807, 2.05) is 0 Å². The number of nitrogens with zero attached hydrogens (tertiary/aromatic N) is 2. The predicted octanol–water partition coefficient (Wildman–Crippen LogP) is 1.42. The summed E-state index contributed by atoms with van der Waals surface area (Å²) in [5, 5.41) is 18.9. The van der Waals surface area contributed by atoms with E-state index in [0.29, 0.717) is 23.7 Å². The van der Waals surface area contributed by atoms with Crippen LogP contribution in [-0.4, -0.2) is 52.9 Å². The van der Waals surface area contributed by atoms with Gasteiger partial charge in [-0.15, -0.1) is 0 Å². The number of halogens is 1. The predicted molar refractivity (Wildman–Crippen MR) is 74.0 cm³/mol. The molecule has 1 fully saturated rings. The number of β-amino-alcohol motifs (C(OH)–C–C–N with tert-alkyl or cyclic N) is 1. The molecule has 20 heavy (non-hydrogen) atoms. The molecule has 0 saturated carbocycles. The summed E-state index contributed by atoms with van der Waals surface area (Å²) in [7, 11) is 0. The van der Waals surface area contributed by atoms with Crippen LogP contribution in [-0.2, 0) is 4.79 Å². The molecule has 6 nitrogen and oxygen atoms in total. The van der Waals surface area contributed by atoms with Crippen LogP contribution < -0.4 is 4.90 Å². The van der Waals surface area contributed by atoms with Gasteiger partial charge in [0.25, 0.3) is 0 Å². The second-order valence-electron chi connectivity index (χ2n) is 4.63. The second-order valence-corrected chi connectivity index (χ2v) is 5.06. The van der Waals surface area contributed by atoms with Crippen LogP contribution in [0.1, 0.15) is 6.42 Å². The lowest BCUT2D eigenvalue weighted by molar-refractivity contribution is -0.135. The van der Waals surface area contributed by atoms with Gasteiger partial charge < -0.3 is 15.1 Å². The molecule has 1 aromatic carbocycles. The summed E-state index contributed by atoms with van der Waals surface area (Å²) in [6.07, 6.45) is -0.0383. The number of carbonyl (C=O) groups is 2. The molecule has 0 radical (unpaired) electrons. The number of urea groups is 1. The largest absolute Gasteiger partial charge is 0.480 e. The summed E-state index contributed by atoms with van der Waals surface area (Å²) in [5.74, 6) is -1.10. The Balaban J connectivity index is 2.20. The number of amides is 2. The second kappa shape index (κ2) is 6.11. The number of rotatable bonds is 3. The van der Waals surface area contributed by atoms with Gasteiger partial charge in [-0.1, -0.05) is 11.6 Å². The Morgan fingerprint density at radius 3 is 2.50 bits per heavy atom. The lowest BCUT2D eigenvalue weighted by Crippen LogP contribution is -2.45. The topological polar surface area (TPSA) is 81.1 Å². The maximum atomic E-state index is 12.4. The van der Waals surface area contributed by atoms with Crippen LogP contribution in [0.2, 0.25) is 5.02 Å². The Hall–Kier alpha value is -1.79. The van der Waals surface area contributed by atoms with Gasteiger partial charge >= 0.3 is 12.0 Å². The number of carboxylic acids is 1. The molecule has 1 atom stereocenters. The van der Waals surface area contributed by atoms with Crippen molar-refractivity contribution in [2.45, 2.75) is 12.5 Å². The van der Waals surface area contributed by atoms with Crippen LogP contribution in [0.4, 0.5) is 10.5 Å². The van der Waals surface area contributed by atoms with Gasteiger partial charge in [0.1, 0.15) is 6.54 Å². The number of carboxylic acid groups (broad SMARTS) is 1. The third-order valence-corrected chi connectivity index (χ3v) is 3.35. The fourth-order valence-electron chi connectivity index (χ4n) is 2.11. The van der Waals surface area contributed by atoms with Crippen molar-refractivity contribution in [3.05, 3.63) is 29.3 Å². The minimum atomic E-state index is -1.10. The first-order chi connectivity index (χ1) is 9.47. The monoisotopic (exact) mass is 298 g/mol. The smallest absolute Gasteiger partial charge is 0.325 e. The number of benzene rings is 1. The average Bonchev–Trinajstić information content (AvgIpc) is 2.83. The molecule has 2 rings (SSSR count). The van der Waals surface area contributed by atoms with Crippen molar-refractivity contribution in [1.29, 1.82) is 0 Å². The molecule has 108 valence electrons. The molecule has 0 bridgehead atoms. The lowest BCUT2D eigenvalue weighted by Gasteiger charge is -2.26. The van der Waals surface area contributed by atoms with Gasteiger partial charge in [-0.05, 0) is 30.7 Å². The van der Waals surface area contributed by atoms with Crippen LogP contribution in [0.25, 0.3) is 0 Å². The molecule has 1 aliphatic rings. The van der Waals surface area contributed by atoms with E-state index in [1.165, 1.54) is 4.90 Å². The number of aliphatic hydroxyl groups excluding tert-OH is 1. The van der Waals surface area contributed by atoms with E-state index in [2.05, 4.69) is 0 Å². The third kappa shape index (κ3) is 3.40. The van der Waals surface area contributed by atoms with Crippen LogP contribution in [0.15, 0.2) is 24.3 Å². The van der Waals surface area contributed by atoms with E-state index in [-0.39, 0.29) is 6.54 Å². The number of aliphatic carboxylic acids is 1. The molecule has 1 aromatic rings. The Labute approximate surface area is 121 Å². The zero-order valence-electron chi connectivity index (χ0n) is 10.7. The van der Waals surface area contributed by atoms with E-state index in [4.69, 9.17) is 16.7 Å². The Bertz CT molecular complexity index is 506. The zero-order chi connectivity index (χ0) is 14.7. The van der Waals surface area contributed by atoms with Crippen molar-refractivity contribution in [2.24, 2.45) is 0 Å². The zero-order valence-corrected chi connectivity index (χ0v) is 11.5. The fraction of sp³-hybridized carbons (Fsp3) is 0.385. The van der Waals surface area contributed by atoms with Gasteiger partial charge in [0.05, 0.1) is 6.10 Å². The first-order valence-electron chi connectivity index (χ1n) is 6.19. The van der Waals surface area contributed by atoms with Gasteiger partial charge in [-0.3, -0.25) is 9.69 Å². The third-order valence-electron chi connectivity index (χ3n) is 3.10. The molecule has 0 spiro atoms. The summed E-state index contributed by atoms with van der Waals surface area (Å²) in [4.78, 5) is 25.9. The summed E-state index contributed by atoms with van der Waals surface area (Å²) in [6.45, 7) is 0.208. The van der Waals surface area contributed by atoms with Crippen molar-refractivity contribution < 1.29 is 19.8 Å². The fourth-order valence-corrected chi connectivity index (χ4v) is 2.24. The maximum absolute atomic E-state index is 12.4. The van der Waals surface area contributed by atoms with E-state index < -0.39 is 24.6 Å². The minimum absolute atomic E-state index is 0.225. The van der Waals surface area contributed by atoms with Gasteiger partial charge in [0.15, 0.2) is 0 Å². The highest BCUT2D eigenvalue weighted by atomic mass is 35.5. The maximum Gasteiger partial charge on any atom is 0.325 e. The average molecular weight is 299 g/mol. The van der Waals surface area contributed by atoms with Crippen molar-refractivity contribution in [3.63, 3.8) is 0 Å². The van der Waals surface area contributed by atoms with Crippen LogP contribution in [0, 0.1) is 0 Å². The summed E-state index contributed by atoms with van der Waals surface area (Å²) in [6, 6.07) is 5.95. The number of anilines is 1. The van der Waals surface area contributed by atoms with E-state index in [1.54, 1.807) is 24.3 Å². The lowest BCUT2D eigenvalue weighted by atomic mass is 10.3. The number of hydrogen-bond acceptors (Lipinski definition) is 3. The molecule has 1 aliphatic heterocycles. The molecule has 2 amide bonds. The summed E-state index contributed by atoms with van der Waals surface area (Å²) >= 11 is 5.78. The highest BCUT2D eigenvalue weighted by Gasteiger charge is 2.29. The van der Waals surface area contributed by atoms with Crippen LogP contribution in [0.5, 0.6) is 0 Å². The van der Waals surface area contributed by atoms with Crippen molar-refractivity contribution >= 4 is 29.3 Å². The number of aliphatic hydroxyl groups is 1. The Kier molecular flexibility index (Phi) is 4.46. The molecular formula is C13H15ClN2O4. The molecule has 2 N–H and O–H groups in total. The quantitative estimate of drug-likeness (QED) is 0.884. The molecule has 7 heteroatoms. The van der Waals surface area contributed by atoms with E-state index in [0.717, 1.165) is 4.90 Å². The van der Waals surface area contributed by atoms with Crippen LogP contribution in [0.3, 0.4) is 0 Å². The Morgan fingerprint density at radius 2 is 2.00 bits per heavy atom. The minimum Gasteiger partial charge on any atom is -0.480 e. The molecule has 1 saturated heterocycles. The van der Waals surface area contributed by atoms with Crippen LogP contribution >= 0.6 is 11.6 Å². The Morgan fingerprint density at radius 1 is 1.35 bits per heavy atom. The SMILES string of the molecule is O=C(O)CN(C(=O)N1CCC(O)C1)c1ccc(Cl)cc1. The van der Waals surface area contributed by atoms with Gasteiger partial charge in [-0.2, -0.15) is 0 Å². The first kappa shape index (κ1) is 14.6. The number of likely N-dealkylation sites (tertiary alicyclic amines) is 1. The van der Waals surface area contributed by atoms with E-state index in [9.17, 15) is 14.7 Å². The molecule has 1 heterocycles. The summed E-state index contributed by atoms with van der Waals surface area (Å²) in [5.41, 5.74) is 0.461.